The van der Waals surface area contributed by atoms with Crippen LogP contribution in [0.4, 0.5) is 11.5 Å². The molecule has 0 bridgehead atoms. The quantitative estimate of drug-likeness (QED) is 0.799. The van der Waals surface area contributed by atoms with Gasteiger partial charge in [0.25, 0.3) is 0 Å². The first-order chi connectivity index (χ1) is 13.0. The molecule has 7 nitrogen and oxygen atoms in total. The summed E-state index contributed by atoms with van der Waals surface area (Å²) in [4.78, 5) is 20.2. The third-order valence-electron chi connectivity index (χ3n) is 5.24. The Hall–Kier alpha value is -2.45. The first-order valence-corrected chi connectivity index (χ1v) is 10.5. The smallest absolute Gasteiger partial charge is 0.243 e. The molecule has 142 valence electrons. The summed E-state index contributed by atoms with van der Waals surface area (Å²) in [5.41, 5.74) is 1.70. The molecule has 0 unspecified atom stereocenters. The highest BCUT2D eigenvalue weighted by Crippen LogP contribution is 2.30. The molecule has 2 aliphatic heterocycles. The number of hydrogen-bond donors (Lipinski definition) is 0. The highest BCUT2D eigenvalue weighted by Gasteiger charge is 2.30. The summed E-state index contributed by atoms with van der Waals surface area (Å²) in [5, 5.41) is 0. The van der Waals surface area contributed by atoms with Gasteiger partial charge in [0, 0.05) is 51.5 Å². The monoisotopic (exact) mass is 386 g/mol. The van der Waals surface area contributed by atoms with Crippen LogP contribution in [0.15, 0.2) is 47.5 Å². The average Bonchev–Trinajstić information content (AvgIpc) is 2.71. The minimum absolute atomic E-state index is 0.0590. The second-order valence-electron chi connectivity index (χ2n) is 6.82. The van der Waals surface area contributed by atoms with Gasteiger partial charge in [-0.05, 0) is 42.3 Å². The summed E-state index contributed by atoms with van der Waals surface area (Å²) in [6.45, 7) is 2.07. The number of carbonyl (C=O) groups is 1. The van der Waals surface area contributed by atoms with Gasteiger partial charge in [-0.3, -0.25) is 4.79 Å². The molecule has 4 rings (SSSR count). The zero-order valence-corrected chi connectivity index (χ0v) is 16.0. The van der Waals surface area contributed by atoms with Crippen molar-refractivity contribution in [3.8, 4) is 0 Å². The molecule has 0 spiro atoms. The minimum Gasteiger partial charge on any atom is -0.354 e. The van der Waals surface area contributed by atoms with Crippen molar-refractivity contribution in [1.29, 1.82) is 0 Å². The molecule has 0 saturated carbocycles. The highest BCUT2D eigenvalue weighted by atomic mass is 32.2. The molecule has 0 aliphatic carbocycles. The van der Waals surface area contributed by atoms with Crippen molar-refractivity contribution in [2.45, 2.75) is 17.7 Å². The van der Waals surface area contributed by atoms with Gasteiger partial charge in [0.2, 0.25) is 15.9 Å². The molecular formula is C19H22N4O3S. The van der Waals surface area contributed by atoms with Crippen molar-refractivity contribution >= 4 is 27.4 Å². The molecule has 1 fully saturated rings. The van der Waals surface area contributed by atoms with Crippen LogP contribution < -0.4 is 9.80 Å². The van der Waals surface area contributed by atoms with E-state index >= 15 is 0 Å². The van der Waals surface area contributed by atoms with Crippen LogP contribution >= 0.6 is 0 Å². The molecule has 1 aromatic carbocycles. The highest BCUT2D eigenvalue weighted by molar-refractivity contribution is 7.89. The Bertz CT molecular complexity index is 954. The second kappa shape index (κ2) is 6.94. The number of sulfonamides is 1. The molecule has 8 heteroatoms. The molecule has 0 atom stereocenters. The van der Waals surface area contributed by atoms with E-state index in [1.165, 1.54) is 4.31 Å². The molecule has 2 aromatic rings. The van der Waals surface area contributed by atoms with Gasteiger partial charge in [-0.1, -0.05) is 6.07 Å². The van der Waals surface area contributed by atoms with Crippen LogP contribution in [-0.4, -0.2) is 56.8 Å². The number of hydrogen-bond acceptors (Lipinski definition) is 5. The van der Waals surface area contributed by atoms with E-state index in [1.54, 1.807) is 36.3 Å². The number of carbonyl (C=O) groups excluding carboxylic acids is 1. The van der Waals surface area contributed by atoms with Gasteiger partial charge in [-0.15, -0.1) is 0 Å². The van der Waals surface area contributed by atoms with Crippen molar-refractivity contribution in [2.75, 3.05) is 43.0 Å². The van der Waals surface area contributed by atoms with E-state index in [9.17, 15) is 13.2 Å². The van der Waals surface area contributed by atoms with Gasteiger partial charge >= 0.3 is 0 Å². The van der Waals surface area contributed by atoms with Crippen molar-refractivity contribution in [2.24, 2.45) is 0 Å². The number of amides is 1. The topological polar surface area (TPSA) is 73.8 Å². The van der Waals surface area contributed by atoms with Gasteiger partial charge in [0.05, 0.1) is 4.90 Å². The molecule has 27 heavy (non-hydrogen) atoms. The normalized spacial score (nSPS) is 18.5. The third kappa shape index (κ3) is 3.30. The number of nitrogens with zero attached hydrogens (tertiary/aromatic N) is 4. The van der Waals surface area contributed by atoms with Crippen LogP contribution in [0.25, 0.3) is 0 Å². The van der Waals surface area contributed by atoms with Crippen molar-refractivity contribution < 1.29 is 13.2 Å². The van der Waals surface area contributed by atoms with Gasteiger partial charge in [0.15, 0.2) is 0 Å². The van der Waals surface area contributed by atoms with Gasteiger partial charge in [0.1, 0.15) is 5.82 Å². The fourth-order valence-electron chi connectivity index (χ4n) is 3.64. The minimum atomic E-state index is -3.55. The first kappa shape index (κ1) is 17.9. The van der Waals surface area contributed by atoms with Crippen LogP contribution in [0, 0.1) is 0 Å². The summed E-state index contributed by atoms with van der Waals surface area (Å²) in [5.74, 6) is 0.930. The fraction of sp³-hybridized carbons (Fsp3) is 0.368. The lowest BCUT2D eigenvalue weighted by Crippen LogP contribution is -2.48. The number of aromatic nitrogens is 1. The Balaban J connectivity index is 1.52. The molecule has 3 heterocycles. The van der Waals surface area contributed by atoms with Crippen LogP contribution in [0.3, 0.4) is 0 Å². The molecular weight excluding hydrogens is 364 g/mol. The molecule has 0 radical (unpaired) electrons. The number of pyridine rings is 1. The Morgan fingerprint density at radius 1 is 1.00 bits per heavy atom. The molecule has 0 N–H and O–H groups in total. The maximum Gasteiger partial charge on any atom is 0.243 e. The largest absolute Gasteiger partial charge is 0.354 e. The lowest BCUT2D eigenvalue weighted by atomic mass is 10.0. The number of benzene rings is 1. The standard InChI is InChI=1S/C19H22N4O3S/c1-21-17-7-6-16(14-15(17)5-8-19(21)24)27(25,26)23-12-10-22(11-13-23)18-4-2-3-9-20-18/h2-4,6-7,9,14H,5,8,10-13H2,1H3. The van der Waals surface area contributed by atoms with E-state index in [-0.39, 0.29) is 5.91 Å². The predicted octanol–water partition coefficient (Wildman–Crippen LogP) is 1.50. The van der Waals surface area contributed by atoms with Crippen LogP contribution in [-0.2, 0) is 21.2 Å². The van der Waals surface area contributed by atoms with E-state index in [1.807, 2.05) is 18.2 Å². The lowest BCUT2D eigenvalue weighted by Gasteiger charge is -2.35. The van der Waals surface area contributed by atoms with Crippen LogP contribution in [0.2, 0.25) is 0 Å². The average molecular weight is 386 g/mol. The SMILES string of the molecule is CN1C(=O)CCc2cc(S(=O)(=O)N3CCN(c4ccccn4)CC3)ccc21. The summed E-state index contributed by atoms with van der Waals surface area (Å²) < 4.78 is 27.7. The summed E-state index contributed by atoms with van der Waals surface area (Å²) >= 11 is 0. The van der Waals surface area contributed by atoms with Crippen molar-refractivity contribution in [3.63, 3.8) is 0 Å². The molecule has 2 aliphatic rings. The number of rotatable bonds is 3. The maximum atomic E-state index is 13.1. The Labute approximate surface area is 159 Å². The lowest BCUT2D eigenvalue weighted by molar-refractivity contribution is -0.118. The van der Waals surface area contributed by atoms with E-state index in [4.69, 9.17) is 0 Å². The maximum absolute atomic E-state index is 13.1. The first-order valence-electron chi connectivity index (χ1n) is 9.02. The zero-order valence-electron chi connectivity index (χ0n) is 15.2. The van der Waals surface area contributed by atoms with E-state index in [0.29, 0.717) is 43.9 Å². The Morgan fingerprint density at radius 2 is 1.78 bits per heavy atom. The molecule has 1 amide bonds. The zero-order chi connectivity index (χ0) is 19.0. The number of piperazine rings is 1. The Morgan fingerprint density at radius 3 is 2.48 bits per heavy atom. The summed E-state index contributed by atoms with van der Waals surface area (Å²) in [6.07, 6.45) is 2.73. The predicted molar refractivity (Wildman–Crippen MR) is 103 cm³/mol. The summed E-state index contributed by atoms with van der Waals surface area (Å²) in [7, 11) is -1.82. The van der Waals surface area contributed by atoms with Gasteiger partial charge < -0.3 is 9.80 Å². The molecule has 1 aromatic heterocycles. The van der Waals surface area contributed by atoms with E-state index in [2.05, 4.69) is 9.88 Å². The third-order valence-corrected chi connectivity index (χ3v) is 7.14. The van der Waals surface area contributed by atoms with Crippen molar-refractivity contribution in [3.05, 3.63) is 48.2 Å². The number of fused-ring (bicyclic) bond motifs is 1. The molecule has 1 saturated heterocycles. The van der Waals surface area contributed by atoms with Gasteiger partial charge in [-0.2, -0.15) is 4.31 Å². The fourth-order valence-corrected chi connectivity index (χ4v) is 5.11. The second-order valence-corrected chi connectivity index (χ2v) is 8.76. The summed E-state index contributed by atoms with van der Waals surface area (Å²) in [6, 6.07) is 10.8. The number of anilines is 2. The Kier molecular flexibility index (Phi) is 4.61. The van der Waals surface area contributed by atoms with Crippen LogP contribution in [0.5, 0.6) is 0 Å². The van der Waals surface area contributed by atoms with E-state index in [0.717, 1.165) is 17.1 Å². The van der Waals surface area contributed by atoms with Crippen molar-refractivity contribution in [1.82, 2.24) is 9.29 Å². The van der Waals surface area contributed by atoms with Crippen LogP contribution in [0.1, 0.15) is 12.0 Å². The van der Waals surface area contributed by atoms with Gasteiger partial charge in [-0.25, -0.2) is 13.4 Å². The number of aryl methyl sites for hydroxylation is 1. The van der Waals surface area contributed by atoms with E-state index < -0.39 is 10.0 Å².